The van der Waals surface area contributed by atoms with Crippen molar-refractivity contribution in [3.63, 3.8) is 0 Å². The van der Waals surface area contributed by atoms with Crippen molar-refractivity contribution >= 4 is 5.97 Å². The van der Waals surface area contributed by atoms with Gasteiger partial charge in [-0.3, -0.25) is 0 Å². The highest BCUT2D eigenvalue weighted by atomic mass is 16.4. The summed E-state index contributed by atoms with van der Waals surface area (Å²) in [5.74, 6) is -0.967. The van der Waals surface area contributed by atoms with E-state index in [0.717, 1.165) is 5.69 Å². The second-order valence-electron chi connectivity index (χ2n) is 4.11. The van der Waals surface area contributed by atoms with Crippen LogP contribution in [0.1, 0.15) is 37.0 Å². The summed E-state index contributed by atoms with van der Waals surface area (Å²) in [4.78, 5) is 14.7. The minimum absolute atomic E-state index is 0.148. The van der Waals surface area contributed by atoms with E-state index in [1.807, 2.05) is 20.8 Å². The fourth-order valence-corrected chi connectivity index (χ4v) is 1.47. The first-order chi connectivity index (χ1) is 5.84. The number of aromatic nitrogens is 2. The number of hydrogen-bond donors (Lipinski definition) is 1. The van der Waals surface area contributed by atoms with Gasteiger partial charge in [-0.2, -0.15) is 0 Å². The summed E-state index contributed by atoms with van der Waals surface area (Å²) >= 11 is 0. The number of carboxylic acid groups (broad SMARTS) is 1. The predicted octanol–water partition coefficient (Wildman–Crippen LogP) is 1.42. The highest BCUT2D eigenvalue weighted by Crippen LogP contribution is 2.24. The molecule has 0 amide bonds. The Morgan fingerprint density at radius 3 is 2.38 bits per heavy atom. The molecule has 1 heterocycles. The molecule has 0 aliphatic carbocycles. The maximum absolute atomic E-state index is 10.8. The molecule has 0 aliphatic heterocycles. The molecule has 0 fully saturated rings. The standard InChI is InChI=1S/C9H14N2O2/c1-9(2,3)7-6(8(12)13)10-5-11(7)4/h5H,1-4H3,(H,12,13). The number of aromatic carboxylic acids is 1. The maximum atomic E-state index is 10.8. The first-order valence-electron chi connectivity index (χ1n) is 4.09. The van der Waals surface area contributed by atoms with Gasteiger partial charge in [-0.15, -0.1) is 0 Å². The van der Waals surface area contributed by atoms with Gasteiger partial charge in [-0.05, 0) is 0 Å². The van der Waals surface area contributed by atoms with Gasteiger partial charge in [0.1, 0.15) is 0 Å². The van der Waals surface area contributed by atoms with E-state index >= 15 is 0 Å². The van der Waals surface area contributed by atoms with Gasteiger partial charge in [0.2, 0.25) is 0 Å². The second kappa shape index (κ2) is 2.87. The fourth-order valence-electron chi connectivity index (χ4n) is 1.47. The first kappa shape index (κ1) is 9.77. The van der Waals surface area contributed by atoms with Gasteiger partial charge in [-0.1, -0.05) is 20.8 Å². The zero-order chi connectivity index (χ0) is 10.2. The molecule has 0 spiro atoms. The normalized spacial score (nSPS) is 11.7. The summed E-state index contributed by atoms with van der Waals surface area (Å²) < 4.78 is 1.75. The molecule has 1 aromatic heterocycles. The van der Waals surface area contributed by atoms with Gasteiger partial charge in [0.15, 0.2) is 5.69 Å². The van der Waals surface area contributed by atoms with E-state index in [4.69, 9.17) is 5.11 Å². The Morgan fingerprint density at radius 1 is 1.54 bits per heavy atom. The first-order valence-corrected chi connectivity index (χ1v) is 4.09. The molecule has 1 rings (SSSR count). The number of rotatable bonds is 1. The van der Waals surface area contributed by atoms with Crippen molar-refractivity contribution in [1.29, 1.82) is 0 Å². The van der Waals surface area contributed by atoms with Gasteiger partial charge in [0.25, 0.3) is 0 Å². The Bertz CT molecular complexity index is 334. The Morgan fingerprint density at radius 2 is 2.08 bits per heavy atom. The van der Waals surface area contributed by atoms with E-state index < -0.39 is 5.97 Å². The van der Waals surface area contributed by atoms with Crippen molar-refractivity contribution in [2.24, 2.45) is 7.05 Å². The molecule has 4 heteroatoms. The van der Waals surface area contributed by atoms with Crippen LogP contribution in [0, 0.1) is 0 Å². The zero-order valence-corrected chi connectivity index (χ0v) is 8.33. The van der Waals surface area contributed by atoms with Crippen molar-refractivity contribution in [2.45, 2.75) is 26.2 Å². The molecular weight excluding hydrogens is 168 g/mol. The smallest absolute Gasteiger partial charge is 0.356 e. The molecule has 1 N–H and O–H groups in total. The third-order valence-electron chi connectivity index (χ3n) is 1.85. The molecule has 0 aromatic carbocycles. The molecule has 4 nitrogen and oxygen atoms in total. The van der Waals surface area contributed by atoms with E-state index in [2.05, 4.69) is 4.98 Å². The SMILES string of the molecule is Cn1cnc(C(=O)O)c1C(C)(C)C. The van der Waals surface area contributed by atoms with Crippen molar-refractivity contribution in [2.75, 3.05) is 0 Å². The van der Waals surface area contributed by atoms with Crippen LogP contribution >= 0.6 is 0 Å². The van der Waals surface area contributed by atoms with Crippen molar-refractivity contribution in [3.8, 4) is 0 Å². The van der Waals surface area contributed by atoms with E-state index in [9.17, 15) is 4.79 Å². The molecule has 1 aromatic rings. The lowest BCUT2D eigenvalue weighted by molar-refractivity contribution is 0.0688. The van der Waals surface area contributed by atoms with Crippen molar-refractivity contribution in [3.05, 3.63) is 17.7 Å². The molecule has 72 valence electrons. The maximum Gasteiger partial charge on any atom is 0.356 e. The molecule has 0 bridgehead atoms. The second-order valence-corrected chi connectivity index (χ2v) is 4.11. The third kappa shape index (κ3) is 1.71. The molecule has 0 saturated carbocycles. The zero-order valence-electron chi connectivity index (χ0n) is 8.33. The number of carboxylic acids is 1. The summed E-state index contributed by atoms with van der Waals surface area (Å²) in [5.41, 5.74) is 0.703. The summed E-state index contributed by atoms with van der Waals surface area (Å²) in [5, 5.41) is 8.87. The summed E-state index contributed by atoms with van der Waals surface area (Å²) in [7, 11) is 1.81. The number of imidazole rings is 1. The van der Waals surface area contributed by atoms with Crippen molar-refractivity contribution in [1.82, 2.24) is 9.55 Å². The fraction of sp³-hybridized carbons (Fsp3) is 0.556. The average molecular weight is 182 g/mol. The lowest BCUT2D eigenvalue weighted by atomic mass is 9.90. The molecule has 0 radical (unpaired) electrons. The van der Waals surface area contributed by atoms with E-state index in [1.165, 1.54) is 6.33 Å². The molecule has 0 aliphatic rings. The minimum Gasteiger partial charge on any atom is -0.476 e. The largest absolute Gasteiger partial charge is 0.476 e. The molecule has 0 atom stereocenters. The van der Waals surface area contributed by atoms with E-state index in [1.54, 1.807) is 11.6 Å². The number of carbonyl (C=O) groups is 1. The predicted molar refractivity (Wildman–Crippen MR) is 48.9 cm³/mol. The summed E-state index contributed by atoms with van der Waals surface area (Å²) in [6, 6.07) is 0. The number of aryl methyl sites for hydroxylation is 1. The van der Waals surface area contributed by atoms with E-state index in [-0.39, 0.29) is 11.1 Å². The highest BCUT2D eigenvalue weighted by Gasteiger charge is 2.25. The van der Waals surface area contributed by atoms with E-state index in [0.29, 0.717) is 0 Å². The van der Waals surface area contributed by atoms with Gasteiger partial charge in [-0.25, -0.2) is 9.78 Å². The lowest BCUT2D eigenvalue weighted by Crippen LogP contribution is -2.19. The van der Waals surface area contributed by atoms with Crippen LogP contribution in [0.2, 0.25) is 0 Å². The topological polar surface area (TPSA) is 55.1 Å². The van der Waals surface area contributed by atoms with Crippen LogP contribution in [0.5, 0.6) is 0 Å². The molecular formula is C9H14N2O2. The van der Waals surface area contributed by atoms with Crippen LogP contribution in [0.4, 0.5) is 0 Å². The molecule has 13 heavy (non-hydrogen) atoms. The Balaban J connectivity index is 3.33. The van der Waals surface area contributed by atoms with Crippen LogP contribution in [-0.2, 0) is 12.5 Å². The molecule has 0 saturated heterocycles. The quantitative estimate of drug-likeness (QED) is 0.714. The average Bonchev–Trinajstić information content (AvgIpc) is 2.28. The van der Waals surface area contributed by atoms with Crippen LogP contribution in [0.3, 0.4) is 0 Å². The Hall–Kier alpha value is -1.32. The number of nitrogens with zero attached hydrogens (tertiary/aromatic N) is 2. The third-order valence-corrected chi connectivity index (χ3v) is 1.85. The Labute approximate surface area is 77.2 Å². The monoisotopic (exact) mass is 182 g/mol. The lowest BCUT2D eigenvalue weighted by Gasteiger charge is -2.19. The highest BCUT2D eigenvalue weighted by molar-refractivity contribution is 5.87. The summed E-state index contributed by atoms with van der Waals surface area (Å²) in [6.45, 7) is 5.91. The number of hydrogen-bond acceptors (Lipinski definition) is 2. The van der Waals surface area contributed by atoms with Crippen LogP contribution < -0.4 is 0 Å². The molecule has 0 unspecified atom stereocenters. The van der Waals surface area contributed by atoms with Crippen LogP contribution in [0.25, 0.3) is 0 Å². The summed E-state index contributed by atoms with van der Waals surface area (Å²) in [6.07, 6.45) is 1.53. The van der Waals surface area contributed by atoms with Gasteiger partial charge < -0.3 is 9.67 Å². The van der Waals surface area contributed by atoms with Gasteiger partial charge in [0, 0.05) is 12.5 Å². The minimum atomic E-state index is -0.967. The van der Waals surface area contributed by atoms with Gasteiger partial charge >= 0.3 is 5.97 Å². The van der Waals surface area contributed by atoms with Crippen LogP contribution in [-0.4, -0.2) is 20.6 Å². The Kier molecular flexibility index (Phi) is 2.15. The van der Waals surface area contributed by atoms with Gasteiger partial charge in [0.05, 0.1) is 12.0 Å². The van der Waals surface area contributed by atoms with Crippen LogP contribution in [0.15, 0.2) is 6.33 Å². The van der Waals surface area contributed by atoms with Crippen molar-refractivity contribution < 1.29 is 9.90 Å².